The first-order valence-electron chi connectivity index (χ1n) is 4.86. The lowest BCUT2D eigenvalue weighted by atomic mass is 10.6. The smallest absolute Gasteiger partial charge is 0.190 e. The Morgan fingerprint density at radius 2 is 2.06 bits per heavy atom. The van der Waals surface area contributed by atoms with Crippen molar-refractivity contribution in [3.8, 4) is 5.82 Å². The van der Waals surface area contributed by atoms with E-state index in [2.05, 4.69) is 15.0 Å². The molecule has 2 heterocycles. The van der Waals surface area contributed by atoms with Gasteiger partial charge in [0.15, 0.2) is 5.16 Å². The maximum absolute atomic E-state index is 5.85. The van der Waals surface area contributed by atoms with Gasteiger partial charge in [-0.3, -0.25) is 4.57 Å². The molecule has 0 aliphatic rings. The van der Waals surface area contributed by atoms with E-state index < -0.39 is 0 Å². The molecule has 0 amide bonds. The number of aromatic nitrogens is 4. The highest BCUT2D eigenvalue weighted by Gasteiger charge is 2.03. The van der Waals surface area contributed by atoms with Crippen molar-refractivity contribution >= 4 is 23.4 Å². The Bertz CT molecular complexity index is 430. The third-order valence-corrected chi connectivity index (χ3v) is 2.35. The van der Waals surface area contributed by atoms with Gasteiger partial charge in [-0.05, 0) is 6.26 Å². The monoisotopic (exact) mass is 256 g/mol. The van der Waals surface area contributed by atoms with Crippen LogP contribution in [0.2, 0.25) is 5.15 Å². The van der Waals surface area contributed by atoms with Gasteiger partial charge in [0.25, 0.3) is 0 Å². The first-order valence-corrected chi connectivity index (χ1v) is 6.47. The SMILES string of the molecule is CC.CSc1nc(Cl)cc(-n2ccnc2)n1. The molecule has 0 aliphatic carbocycles. The van der Waals surface area contributed by atoms with E-state index in [4.69, 9.17) is 11.6 Å². The number of halogens is 1. The Morgan fingerprint density at radius 1 is 1.31 bits per heavy atom. The van der Waals surface area contributed by atoms with Gasteiger partial charge in [-0.25, -0.2) is 15.0 Å². The summed E-state index contributed by atoms with van der Waals surface area (Å²) in [5.74, 6) is 0.729. The second-order valence-corrected chi connectivity index (χ2v) is 3.67. The fraction of sp³-hybridized carbons (Fsp3) is 0.300. The van der Waals surface area contributed by atoms with E-state index in [9.17, 15) is 0 Å². The molecule has 6 heteroatoms. The fourth-order valence-electron chi connectivity index (χ4n) is 1.00. The van der Waals surface area contributed by atoms with Gasteiger partial charge in [0.1, 0.15) is 17.3 Å². The van der Waals surface area contributed by atoms with Crippen LogP contribution in [-0.2, 0) is 0 Å². The van der Waals surface area contributed by atoms with Crippen molar-refractivity contribution in [1.29, 1.82) is 0 Å². The molecule has 0 unspecified atom stereocenters. The highest BCUT2D eigenvalue weighted by atomic mass is 35.5. The largest absolute Gasteiger partial charge is 0.290 e. The number of hydrogen-bond acceptors (Lipinski definition) is 4. The topological polar surface area (TPSA) is 43.6 Å². The Hall–Kier alpha value is -1.07. The highest BCUT2D eigenvalue weighted by molar-refractivity contribution is 7.98. The van der Waals surface area contributed by atoms with E-state index in [-0.39, 0.29) is 0 Å². The molecule has 0 saturated heterocycles. The van der Waals surface area contributed by atoms with E-state index in [1.807, 2.05) is 26.3 Å². The normalized spacial score (nSPS) is 9.50. The predicted molar refractivity (Wildman–Crippen MR) is 67.3 cm³/mol. The van der Waals surface area contributed by atoms with E-state index in [1.165, 1.54) is 11.8 Å². The number of hydrogen-bond donors (Lipinski definition) is 0. The molecule has 0 N–H and O–H groups in total. The lowest BCUT2D eigenvalue weighted by Crippen LogP contribution is -1.97. The average Bonchev–Trinajstić information content (AvgIpc) is 2.84. The van der Waals surface area contributed by atoms with Crippen molar-refractivity contribution in [1.82, 2.24) is 19.5 Å². The van der Waals surface area contributed by atoms with Gasteiger partial charge < -0.3 is 0 Å². The molecule has 0 fully saturated rings. The van der Waals surface area contributed by atoms with Gasteiger partial charge in [0.2, 0.25) is 0 Å². The van der Waals surface area contributed by atoms with Crippen LogP contribution >= 0.6 is 23.4 Å². The maximum atomic E-state index is 5.85. The van der Waals surface area contributed by atoms with Gasteiger partial charge in [-0.15, -0.1) is 0 Å². The molecule has 0 aliphatic heterocycles. The number of nitrogens with zero attached hydrogens (tertiary/aromatic N) is 4. The average molecular weight is 257 g/mol. The first kappa shape index (κ1) is 13.0. The summed E-state index contributed by atoms with van der Waals surface area (Å²) in [6.07, 6.45) is 7.07. The van der Waals surface area contributed by atoms with Gasteiger partial charge in [0.05, 0.1) is 0 Å². The highest BCUT2D eigenvalue weighted by Crippen LogP contribution is 2.16. The van der Waals surface area contributed by atoms with Crippen molar-refractivity contribution < 1.29 is 0 Å². The van der Waals surface area contributed by atoms with Crippen LogP contribution in [0.4, 0.5) is 0 Å². The van der Waals surface area contributed by atoms with Crippen LogP contribution in [0.3, 0.4) is 0 Å². The Morgan fingerprint density at radius 3 is 2.62 bits per heavy atom. The summed E-state index contributed by atoms with van der Waals surface area (Å²) in [6.45, 7) is 4.00. The Kier molecular flexibility index (Phi) is 5.28. The molecular formula is C10H13ClN4S. The van der Waals surface area contributed by atoms with E-state index >= 15 is 0 Å². The zero-order chi connectivity index (χ0) is 12.0. The van der Waals surface area contributed by atoms with Crippen LogP contribution < -0.4 is 0 Å². The predicted octanol–water partition coefficient (Wildman–Crippen LogP) is 3.06. The molecule has 0 saturated carbocycles. The summed E-state index contributed by atoms with van der Waals surface area (Å²) in [7, 11) is 0. The minimum Gasteiger partial charge on any atom is -0.290 e. The molecule has 0 atom stereocenters. The minimum absolute atomic E-state index is 0.438. The molecule has 2 aromatic rings. The van der Waals surface area contributed by atoms with Gasteiger partial charge in [-0.2, -0.15) is 0 Å². The Labute approximate surface area is 104 Å². The fourth-order valence-corrected chi connectivity index (χ4v) is 1.61. The summed E-state index contributed by atoms with van der Waals surface area (Å²) in [4.78, 5) is 12.3. The molecule has 0 aromatic carbocycles. The summed E-state index contributed by atoms with van der Waals surface area (Å²) in [6, 6.07) is 1.70. The molecule has 2 aromatic heterocycles. The number of imidazole rings is 1. The van der Waals surface area contributed by atoms with Crippen LogP contribution in [0, 0.1) is 0 Å². The third kappa shape index (κ3) is 3.21. The first-order chi connectivity index (χ1) is 7.79. The van der Waals surface area contributed by atoms with Gasteiger partial charge in [-0.1, -0.05) is 37.2 Å². The maximum Gasteiger partial charge on any atom is 0.190 e. The standard InChI is InChI=1S/C8H7ClN4S.C2H6/c1-14-8-11-6(9)4-7(12-8)13-3-2-10-5-13;1-2/h2-5H,1H3;1-2H3. The molecule has 4 nitrogen and oxygen atoms in total. The Balaban J connectivity index is 0.000000606. The van der Waals surface area contributed by atoms with E-state index in [1.54, 1.807) is 23.2 Å². The molecule has 0 spiro atoms. The summed E-state index contributed by atoms with van der Waals surface area (Å²) < 4.78 is 1.78. The van der Waals surface area contributed by atoms with Crippen molar-refractivity contribution in [3.63, 3.8) is 0 Å². The molecule has 0 bridgehead atoms. The molecule has 16 heavy (non-hydrogen) atoms. The molecule has 86 valence electrons. The zero-order valence-corrected chi connectivity index (χ0v) is 11.0. The minimum atomic E-state index is 0.438. The van der Waals surface area contributed by atoms with Gasteiger partial charge in [0, 0.05) is 18.5 Å². The van der Waals surface area contributed by atoms with Gasteiger partial charge >= 0.3 is 0 Å². The van der Waals surface area contributed by atoms with Crippen LogP contribution in [-0.4, -0.2) is 25.8 Å². The summed E-state index contributed by atoms with van der Waals surface area (Å²) >= 11 is 7.30. The zero-order valence-electron chi connectivity index (χ0n) is 9.38. The van der Waals surface area contributed by atoms with Crippen LogP contribution in [0.1, 0.15) is 13.8 Å². The molecule has 2 rings (SSSR count). The van der Waals surface area contributed by atoms with Crippen LogP contribution in [0.5, 0.6) is 0 Å². The lowest BCUT2D eigenvalue weighted by molar-refractivity contribution is 0.890. The molecular weight excluding hydrogens is 244 g/mol. The number of rotatable bonds is 2. The van der Waals surface area contributed by atoms with Crippen molar-refractivity contribution in [2.75, 3.05) is 6.26 Å². The van der Waals surface area contributed by atoms with Crippen molar-refractivity contribution in [3.05, 3.63) is 29.9 Å². The van der Waals surface area contributed by atoms with E-state index in [0.29, 0.717) is 10.3 Å². The van der Waals surface area contributed by atoms with Crippen molar-refractivity contribution in [2.45, 2.75) is 19.0 Å². The number of thioether (sulfide) groups is 1. The summed E-state index contributed by atoms with van der Waals surface area (Å²) in [5.41, 5.74) is 0. The van der Waals surface area contributed by atoms with Crippen LogP contribution in [0.15, 0.2) is 29.9 Å². The van der Waals surface area contributed by atoms with Crippen LogP contribution in [0.25, 0.3) is 5.82 Å². The second-order valence-electron chi connectivity index (χ2n) is 2.51. The third-order valence-electron chi connectivity index (χ3n) is 1.61. The van der Waals surface area contributed by atoms with Crippen molar-refractivity contribution in [2.24, 2.45) is 0 Å². The summed E-state index contributed by atoms with van der Waals surface area (Å²) in [5, 5.41) is 1.09. The second kappa shape index (κ2) is 6.50. The quantitative estimate of drug-likeness (QED) is 0.471. The van der Waals surface area contributed by atoms with E-state index in [0.717, 1.165) is 5.82 Å². The lowest BCUT2D eigenvalue weighted by Gasteiger charge is -2.02. The molecule has 0 radical (unpaired) electrons.